The first-order valence-electron chi connectivity index (χ1n) is 6.76. The number of anilines is 1. The number of rotatable bonds is 4. The highest BCUT2D eigenvalue weighted by Gasteiger charge is 2.49. The smallest absolute Gasteiger partial charge is 0.0827 e. The average Bonchev–Trinajstić information content (AvgIpc) is 2.54. The number of ether oxygens (including phenoxy) is 1. The number of aromatic nitrogens is 2. The lowest BCUT2D eigenvalue weighted by atomic mass is 9.64. The minimum absolute atomic E-state index is 0.185. The van der Waals surface area contributed by atoms with E-state index in [0.717, 1.165) is 18.7 Å². The van der Waals surface area contributed by atoms with Gasteiger partial charge in [0.05, 0.1) is 23.2 Å². The Bertz CT molecular complexity index is 436. The van der Waals surface area contributed by atoms with Gasteiger partial charge < -0.3 is 10.1 Å². The number of hydrogen-bond donors (Lipinski definition) is 1. The van der Waals surface area contributed by atoms with E-state index in [9.17, 15) is 0 Å². The fourth-order valence-corrected chi connectivity index (χ4v) is 2.77. The Morgan fingerprint density at radius 1 is 1.44 bits per heavy atom. The Kier molecular flexibility index (Phi) is 3.41. The Hall–Kier alpha value is -1.03. The lowest BCUT2D eigenvalue weighted by molar-refractivity contribution is -0.0976. The minimum atomic E-state index is 0.185. The highest BCUT2D eigenvalue weighted by molar-refractivity contribution is 5.53. The molecule has 0 aromatic carbocycles. The second kappa shape index (κ2) is 4.57. The molecule has 102 valence electrons. The number of aryl methyl sites for hydroxylation is 2. The average molecular weight is 251 g/mol. The molecule has 0 spiro atoms. The second-order valence-corrected chi connectivity index (χ2v) is 5.87. The van der Waals surface area contributed by atoms with Crippen LogP contribution in [0.2, 0.25) is 0 Å². The van der Waals surface area contributed by atoms with Crippen LogP contribution >= 0.6 is 0 Å². The second-order valence-electron chi connectivity index (χ2n) is 5.87. The molecule has 0 aliphatic heterocycles. The van der Waals surface area contributed by atoms with Crippen LogP contribution in [0.15, 0.2) is 0 Å². The van der Waals surface area contributed by atoms with Gasteiger partial charge >= 0.3 is 0 Å². The van der Waals surface area contributed by atoms with Gasteiger partial charge in [0.25, 0.3) is 0 Å². The molecule has 1 saturated carbocycles. The highest BCUT2D eigenvalue weighted by atomic mass is 16.5. The molecule has 18 heavy (non-hydrogen) atoms. The standard InChI is InChI=1S/C14H25N3O/c1-7-18-12-8-11(14(12,4)5)15-13-9(2)16-17(6)10(13)3/h11-12,15H,7-8H2,1-6H3. The van der Waals surface area contributed by atoms with Crippen molar-refractivity contribution < 1.29 is 4.74 Å². The van der Waals surface area contributed by atoms with Crippen LogP contribution in [-0.2, 0) is 11.8 Å². The molecule has 1 fully saturated rings. The molecule has 2 unspecified atom stereocenters. The molecule has 1 aliphatic carbocycles. The fraction of sp³-hybridized carbons (Fsp3) is 0.786. The summed E-state index contributed by atoms with van der Waals surface area (Å²) < 4.78 is 7.70. The summed E-state index contributed by atoms with van der Waals surface area (Å²) in [6.07, 6.45) is 1.45. The molecule has 0 radical (unpaired) electrons. The van der Waals surface area contributed by atoms with Gasteiger partial charge in [-0.15, -0.1) is 0 Å². The molecule has 4 heteroatoms. The van der Waals surface area contributed by atoms with Gasteiger partial charge in [-0.25, -0.2) is 0 Å². The topological polar surface area (TPSA) is 39.1 Å². The lowest BCUT2D eigenvalue weighted by Crippen LogP contribution is -2.58. The molecule has 0 amide bonds. The quantitative estimate of drug-likeness (QED) is 0.894. The third kappa shape index (κ3) is 2.03. The Balaban J connectivity index is 2.08. The van der Waals surface area contributed by atoms with E-state index in [1.165, 1.54) is 11.4 Å². The van der Waals surface area contributed by atoms with E-state index >= 15 is 0 Å². The summed E-state index contributed by atoms with van der Waals surface area (Å²) in [5.74, 6) is 0. The normalized spacial score (nSPS) is 25.9. The van der Waals surface area contributed by atoms with Gasteiger partial charge in [-0.1, -0.05) is 13.8 Å². The third-order valence-corrected chi connectivity index (χ3v) is 4.37. The molecule has 2 atom stereocenters. The van der Waals surface area contributed by atoms with E-state index in [4.69, 9.17) is 4.74 Å². The Morgan fingerprint density at radius 2 is 2.11 bits per heavy atom. The van der Waals surface area contributed by atoms with Gasteiger partial charge in [0.1, 0.15) is 0 Å². The molecule has 1 heterocycles. The van der Waals surface area contributed by atoms with Gasteiger partial charge in [0, 0.05) is 25.1 Å². The summed E-state index contributed by atoms with van der Waals surface area (Å²) in [6.45, 7) is 11.6. The number of nitrogens with zero attached hydrogens (tertiary/aromatic N) is 2. The van der Waals surface area contributed by atoms with Crippen molar-refractivity contribution in [3.05, 3.63) is 11.4 Å². The zero-order valence-corrected chi connectivity index (χ0v) is 12.4. The first-order valence-corrected chi connectivity index (χ1v) is 6.76. The van der Waals surface area contributed by atoms with Gasteiger partial charge in [-0.2, -0.15) is 5.10 Å². The van der Waals surface area contributed by atoms with Crippen molar-refractivity contribution in [3.8, 4) is 0 Å². The van der Waals surface area contributed by atoms with Crippen LogP contribution in [0, 0.1) is 19.3 Å². The van der Waals surface area contributed by atoms with Crippen LogP contribution in [0.4, 0.5) is 5.69 Å². The predicted molar refractivity (Wildman–Crippen MR) is 73.9 cm³/mol. The van der Waals surface area contributed by atoms with Crippen molar-refractivity contribution in [3.63, 3.8) is 0 Å². The van der Waals surface area contributed by atoms with E-state index < -0.39 is 0 Å². The molecule has 4 nitrogen and oxygen atoms in total. The maximum absolute atomic E-state index is 5.77. The zero-order valence-electron chi connectivity index (χ0n) is 12.4. The first kappa shape index (κ1) is 13.4. The van der Waals surface area contributed by atoms with E-state index in [1.54, 1.807) is 0 Å². The van der Waals surface area contributed by atoms with Crippen molar-refractivity contribution in [2.75, 3.05) is 11.9 Å². The van der Waals surface area contributed by atoms with Crippen molar-refractivity contribution in [2.45, 2.75) is 53.2 Å². The summed E-state index contributed by atoms with van der Waals surface area (Å²) in [6, 6.07) is 0.468. The van der Waals surface area contributed by atoms with E-state index in [1.807, 2.05) is 11.7 Å². The molecular weight excluding hydrogens is 226 g/mol. The Morgan fingerprint density at radius 3 is 2.56 bits per heavy atom. The van der Waals surface area contributed by atoms with Crippen molar-refractivity contribution in [1.82, 2.24) is 9.78 Å². The van der Waals surface area contributed by atoms with Crippen LogP contribution < -0.4 is 5.32 Å². The van der Waals surface area contributed by atoms with Gasteiger partial charge in [-0.05, 0) is 27.2 Å². The minimum Gasteiger partial charge on any atom is -0.379 e. The van der Waals surface area contributed by atoms with Crippen molar-refractivity contribution in [2.24, 2.45) is 12.5 Å². The van der Waals surface area contributed by atoms with Crippen LogP contribution in [0.1, 0.15) is 38.6 Å². The third-order valence-electron chi connectivity index (χ3n) is 4.37. The molecule has 0 bridgehead atoms. The molecule has 0 saturated heterocycles. The van der Waals surface area contributed by atoms with Gasteiger partial charge in [0.15, 0.2) is 0 Å². The molecule has 2 rings (SSSR count). The van der Waals surface area contributed by atoms with E-state index in [-0.39, 0.29) is 5.41 Å². The molecule has 1 aromatic rings. The molecule has 1 aliphatic rings. The van der Waals surface area contributed by atoms with Crippen molar-refractivity contribution >= 4 is 5.69 Å². The highest BCUT2D eigenvalue weighted by Crippen LogP contribution is 2.44. The maximum Gasteiger partial charge on any atom is 0.0827 e. The summed E-state index contributed by atoms with van der Waals surface area (Å²) in [7, 11) is 1.99. The van der Waals surface area contributed by atoms with Gasteiger partial charge in [-0.3, -0.25) is 4.68 Å². The lowest BCUT2D eigenvalue weighted by Gasteiger charge is -2.52. The maximum atomic E-state index is 5.77. The van der Waals surface area contributed by atoms with Crippen LogP contribution in [0.5, 0.6) is 0 Å². The predicted octanol–water partition coefficient (Wildman–Crippen LogP) is 2.65. The van der Waals surface area contributed by atoms with E-state index in [2.05, 4.69) is 45.0 Å². The van der Waals surface area contributed by atoms with Crippen molar-refractivity contribution in [1.29, 1.82) is 0 Å². The summed E-state index contributed by atoms with van der Waals surface area (Å²) in [5, 5.41) is 8.10. The van der Waals surface area contributed by atoms with Crippen LogP contribution in [0.3, 0.4) is 0 Å². The molecule has 1 N–H and O–H groups in total. The summed E-state index contributed by atoms with van der Waals surface area (Å²) in [4.78, 5) is 0. The largest absolute Gasteiger partial charge is 0.379 e. The van der Waals surface area contributed by atoms with Crippen LogP contribution in [-0.4, -0.2) is 28.5 Å². The van der Waals surface area contributed by atoms with Crippen LogP contribution in [0.25, 0.3) is 0 Å². The SMILES string of the molecule is CCOC1CC(Nc2c(C)nn(C)c2C)C1(C)C. The zero-order chi connectivity index (χ0) is 13.5. The van der Waals surface area contributed by atoms with Gasteiger partial charge in [0.2, 0.25) is 0 Å². The molecule has 1 aromatic heterocycles. The molecular formula is C14H25N3O. The number of hydrogen-bond acceptors (Lipinski definition) is 3. The fourth-order valence-electron chi connectivity index (χ4n) is 2.77. The summed E-state index contributed by atoms with van der Waals surface area (Å²) in [5.41, 5.74) is 3.64. The number of nitrogens with one attached hydrogen (secondary N) is 1. The monoisotopic (exact) mass is 251 g/mol. The first-order chi connectivity index (χ1) is 8.37. The summed E-state index contributed by atoms with van der Waals surface area (Å²) >= 11 is 0. The Labute approximate surface area is 110 Å². The van der Waals surface area contributed by atoms with E-state index in [0.29, 0.717) is 12.1 Å².